The third-order valence-corrected chi connectivity index (χ3v) is 7.69. The first kappa shape index (κ1) is 23.0. The van der Waals surface area contributed by atoms with E-state index in [1.54, 1.807) is 6.21 Å². The van der Waals surface area contributed by atoms with Crippen LogP contribution in [-0.2, 0) is 0 Å². The van der Waals surface area contributed by atoms with Gasteiger partial charge in [-0.2, -0.15) is 9.78 Å². The summed E-state index contributed by atoms with van der Waals surface area (Å²) in [6.45, 7) is 4.36. The first-order valence-electron chi connectivity index (χ1n) is 12.3. The zero-order chi connectivity index (χ0) is 24.8. The topological polar surface area (TPSA) is 70.6 Å². The molecule has 3 heterocycles. The van der Waals surface area contributed by atoms with Gasteiger partial charge < -0.3 is 14.0 Å². The lowest BCUT2D eigenvalue weighted by Crippen LogP contribution is -2.25. The van der Waals surface area contributed by atoms with Crippen LogP contribution in [0.5, 0.6) is 11.5 Å². The van der Waals surface area contributed by atoms with Crippen LogP contribution in [0.25, 0.3) is 16.6 Å². The fraction of sp³-hybridized carbons (Fsp3) is 0.321. The Hall–Kier alpha value is -3.39. The highest BCUT2D eigenvalue weighted by Gasteiger charge is 2.23. The number of hydrogen-bond acceptors (Lipinski definition) is 5. The Balaban J connectivity index is 1.43. The number of rotatable bonds is 4. The largest absolute Gasteiger partial charge is 0.454 e. The smallest absolute Gasteiger partial charge is 0.282 e. The quantitative estimate of drug-likeness (QED) is 0.284. The molecule has 2 aromatic carbocycles. The van der Waals surface area contributed by atoms with Gasteiger partial charge >= 0.3 is 0 Å². The van der Waals surface area contributed by atoms with E-state index >= 15 is 0 Å². The minimum absolute atomic E-state index is 0.136. The number of aryl methyl sites for hydroxylation is 1. The third-order valence-electron chi connectivity index (χ3n) is 7.20. The second-order valence-corrected chi connectivity index (χ2v) is 10.4. The minimum atomic E-state index is -0.136. The summed E-state index contributed by atoms with van der Waals surface area (Å²) in [6, 6.07) is 13.7. The molecular weight excluding hydrogens is 520 g/mol. The summed E-state index contributed by atoms with van der Waals surface area (Å²) >= 11 is 3.49. The van der Waals surface area contributed by atoms with E-state index in [1.165, 1.54) is 11.1 Å². The van der Waals surface area contributed by atoms with Crippen molar-refractivity contribution in [3.8, 4) is 17.2 Å². The Bertz CT molecular complexity index is 1560. The van der Waals surface area contributed by atoms with E-state index in [-0.39, 0.29) is 18.3 Å². The molecule has 0 bridgehead atoms. The molecule has 7 nitrogen and oxygen atoms in total. The molecule has 0 saturated heterocycles. The van der Waals surface area contributed by atoms with Crippen molar-refractivity contribution in [2.45, 2.75) is 51.9 Å². The Morgan fingerprint density at radius 3 is 2.67 bits per heavy atom. The second-order valence-electron chi connectivity index (χ2n) is 9.53. The number of aromatic nitrogens is 3. The average molecular weight is 547 g/mol. The number of benzene rings is 2. The lowest BCUT2D eigenvalue weighted by molar-refractivity contribution is 0.174. The van der Waals surface area contributed by atoms with Crippen LogP contribution in [0.1, 0.15) is 60.8 Å². The first-order valence-corrected chi connectivity index (χ1v) is 13.1. The van der Waals surface area contributed by atoms with E-state index in [2.05, 4.69) is 40.4 Å². The van der Waals surface area contributed by atoms with E-state index in [0.29, 0.717) is 5.39 Å². The van der Waals surface area contributed by atoms with Gasteiger partial charge in [-0.25, -0.2) is 4.98 Å². The van der Waals surface area contributed by atoms with Crippen molar-refractivity contribution in [1.29, 1.82) is 0 Å². The maximum atomic E-state index is 13.6. The van der Waals surface area contributed by atoms with Gasteiger partial charge in [0, 0.05) is 39.1 Å². The lowest BCUT2D eigenvalue weighted by atomic mass is 9.88. The van der Waals surface area contributed by atoms with E-state index in [1.807, 2.05) is 36.4 Å². The van der Waals surface area contributed by atoms with Gasteiger partial charge in [-0.1, -0.05) is 35.2 Å². The van der Waals surface area contributed by atoms with Crippen LogP contribution in [0.15, 0.2) is 56.8 Å². The molecule has 2 aliphatic rings. The molecule has 0 atom stereocenters. The normalized spacial score (nSPS) is 15.9. The highest BCUT2D eigenvalue weighted by Crippen LogP contribution is 2.35. The lowest BCUT2D eigenvalue weighted by Gasteiger charge is -2.22. The summed E-state index contributed by atoms with van der Waals surface area (Å²) in [5.74, 6) is 2.49. The summed E-state index contributed by atoms with van der Waals surface area (Å²) in [6.07, 6.45) is 7.38. The SMILES string of the molecule is Cc1cc(C=Nn2c(C3CCCCC3)nc3ccc(Br)cc3c2=O)c(C)n1-c1ccc2c(c1)OCO2. The van der Waals surface area contributed by atoms with E-state index < -0.39 is 0 Å². The number of fused-ring (bicyclic) bond motifs is 2. The van der Waals surface area contributed by atoms with Gasteiger partial charge in [-0.15, -0.1) is 0 Å². The molecule has 2 aromatic heterocycles. The summed E-state index contributed by atoms with van der Waals surface area (Å²) < 4.78 is 15.6. The van der Waals surface area contributed by atoms with Crippen molar-refractivity contribution in [3.63, 3.8) is 0 Å². The van der Waals surface area contributed by atoms with Crippen molar-refractivity contribution in [3.05, 3.63) is 80.1 Å². The van der Waals surface area contributed by atoms with Crippen LogP contribution < -0.4 is 15.0 Å². The van der Waals surface area contributed by atoms with Crippen LogP contribution in [0.2, 0.25) is 0 Å². The molecule has 0 N–H and O–H groups in total. The molecule has 6 rings (SSSR count). The number of nitrogens with zero attached hydrogens (tertiary/aromatic N) is 4. The maximum absolute atomic E-state index is 13.6. The summed E-state index contributed by atoms with van der Waals surface area (Å²) in [4.78, 5) is 18.5. The Morgan fingerprint density at radius 1 is 1.03 bits per heavy atom. The number of halogens is 1. The Morgan fingerprint density at radius 2 is 1.83 bits per heavy atom. The molecule has 1 saturated carbocycles. The van der Waals surface area contributed by atoms with Crippen LogP contribution >= 0.6 is 15.9 Å². The van der Waals surface area contributed by atoms with Gasteiger partial charge in [0.2, 0.25) is 6.79 Å². The zero-order valence-electron chi connectivity index (χ0n) is 20.3. The molecule has 8 heteroatoms. The molecule has 4 aromatic rings. The van der Waals surface area contributed by atoms with E-state index in [4.69, 9.17) is 19.6 Å². The van der Waals surface area contributed by atoms with Gasteiger partial charge in [-0.3, -0.25) is 4.79 Å². The summed E-state index contributed by atoms with van der Waals surface area (Å²) in [5.41, 5.74) is 4.61. The van der Waals surface area contributed by atoms with Crippen LogP contribution in [0.4, 0.5) is 0 Å². The third kappa shape index (κ3) is 4.03. The van der Waals surface area contributed by atoms with Gasteiger partial charge in [0.25, 0.3) is 5.56 Å². The standard InChI is InChI=1S/C28H27BrN4O3/c1-17-12-20(18(2)32(17)22-9-11-25-26(14-22)36-16-35-25)15-30-33-27(19-6-4-3-5-7-19)31-24-10-8-21(29)13-23(24)28(33)34/h8-15,19H,3-7,16H2,1-2H3. The fourth-order valence-electron chi connectivity index (χ4n) is 5.36. The predicted octanol–water partition coefficient (Wildman–Crippen LogP) is 6.23. The zero-order valence-corrected chi connectivity index (χ0v) is 21.9. The van der Waals surface area contributed by atoms with Gasteiger partial charge in [-0.05, 0) is 63.1 Å². The molecule has 0 unspecified atom stereocenters. The van der Waals surface area contributed by atoms with Crippen molar-refractivity contribution >= 4 is 33.0 Å². The molecule has 1 aliphatic carbocycles. The second kappa shape index (κ2) is 9.24. The molecule has 1 aliphatic heterocycles. The van der Waals surface area contributed by atoms with Crippen molar-refractivity contribution < 1.29 is 9.47 Å². The molecule has 1 fully saturated rings. The first-order chi connectivity index (χ1) is 17.5. The maximum Gasteiger partial charge on any atom is 0.282 e. The summed E-state index contributed by atoms with van der Waals surface area (Å²) in [7, 11) is 0. The molecule has 0 radical (unpaired) electrons. The van der Waals surface area contributed by atoms with E-state index in [9.17, 15) is 4.79 Å². The monoisotopic (exact) mass is 546 g/mol. The highest BCUT2D eigenvalue weighted by molar-refractivity contribution is 9.10. The molecule has 36 heavy (non-hydrogen) atoms. The molecular formula is C28H27BrN4O3. The number of ether oxygens (including phenoxy) is 2. The summed E-state index contributed by atoms with van der Waals surface area (Å²) in [5, 5.41) is 5.30. The van der Waals surface area contributed by atoms with Crippen molar-refractivity contribution in [2.24, 2.45) is 5.10 Å². The van der Waals surface area contributed by atoms with Gasteiger partial charge in [0.15, 0.2) is 11.5 Å². The molecule has 184 valence electrons. The Labute approximate surface area is 217 Å². The highest BCUT2D eigenvalue weighted by atomic mass is 79.9. The predicted molar refractivity (Wildman–Crippen MR) is 144 cm³/mol. The van der Waals surface area contributed by atoms with Crippen molar-refractivity contribution in [1.82, 2.24) is 14.2 Å². The van der Waals surface area contributed by atoms with Crippen LogP contribution in [-0.4, -0.2) is 27.2 Å². The average Bonchev–Trinajstić information content (AvgIpc) is 3.47. The minimum Gasteiger partial charge on any atom is -0.454 e. The van der Waals surface area contributed by atoms with Gasteiger partial charge in [0.1, 0.15) is 5.82 Å². The molecule has 0 spiro atoms. The fourth-order valence-corrected chi connectivity index (χ4v) is 5.72. The van der Waals surface area contributed by atoms with Gasteiger partial charge in [0.05, 0.1) is 17.1 Å². The number of hydrogen-bond donors (Lipinski definition) is 0. The van der Waals surface area contributed by atoms with Crippen LogP contribution in [0.3, 0.4) is 0 Å². The Kier molecular flexibility index (Phi) is 5.91. The van der Waals surface area contributed by atoms with Crippen LogP contribution in [0, 0.1) is 13.8 Å². The van der Waals surface area contributed by atoms with E-state index in [0.717, 1.165) is 75.6 Å². The molecule has 0 amide bonds. The van der Waals surface area contributed by atoms with Crippen molar-refractivity contribution in [2.75, 3.05) is 6.79 Å².